The minimum atomic E-state index is 0.363. The van der Waals surface area contributed by atoms with Gasteiger partial charge in [0.2, 0.25) is 0 Å². The van der Waals surface area contributed by atoms with Gasteiger partial charge in [-0.1, -0.05) is 18.2 Å². The van der Waals surface area contributed by atoms with E-state index in [0.717, 1.165) is 13.0 Å². The van der Waals surface area contributed by atoms with Crippen LogP contribution in [0.1, 0.15) is 24.8 Å². The number of piperidine rings is 1. The Balaban J connectivity index is 1.55. The van der Waals surface area contributed by atoms with Crippen LogP contribution >= 0.6 is 11.6 Å². The second-order valence-corrected chi connectivity index (χ2v) is 6.12. The number of benzene rings is 1. The lowest BCUT2D eigenvalue weighted by Crippen LogP contribution is -2.36. The molecule has 1 saturated heterocycles. The molecule has 19 heavy (non-hydrogen) atoms. The number of H-pyrrole nitrogens is 1. The van der Waals surface area contributed by atoms with E-state index in [2.05, 4.69) is 40.3 Å². The topological polar surface area (TPSA) is 19.0 Å². The fourth-order valence-corrected chi connectivity index (χ4v) is 3.38. The Morgan fingerprint density at radius 3 is 3.11 bits per heavy atom. The van der Waals surface area contributed by atoms with Gasteiger partial charge in [0.25, 0.3) is 0 Å². The van der Waals surface area contributed by atoms with Gasteiger partial charge < -0.3 is 9.88 Å². The van der Waals surface area contributed by atoms with Crippen molar-refractivity contribution in [3.63, 3.8) is 0 Å². The van der Waals surface area contributed by atoms with Gasteiger partial charge in [0.15, 0.2) is 0 Å². The zero-order valence-corrected chi connectivity index (χ0v) is 12.0. The lowest BCUT2D eigenvalue weighted by atomic mass is 10.1. The van der Waals surface area contributed by atoms with Crippen molar-refractivity contribution in [3.8, 4) is 0 Å². The number of aryl methyl sites for hydroxylation is 1. The summed E-state index contributed by atoms with van der Waals surface area (Å²) in [5.74, 6) is 0. The third kappa shape index (κ3) is 3.13. The molecule has 1 N–H and O–H groups in total. The first kappa shape index (κ1) is 13.0. The normalized spacial score (nSPS) is 21.0. The number of halogens is 1. The number of alkyl halides is 1. The molecule has 1 aliphatic rings. The number of hydrogen-bond donors (Lipinski definition) is 1. The largest absolute Gasteiger partial charge is 0.361 e. The molecule has 0 bridgehead atoms. The molecule has 0 aliphatic carbocycles. The van der Waals surface area contributed by atoms with Gasteiger partial charge in [-0.15, -0.1) is 11.6 Å². The fourth-order valence-electron chi connectivity index (χ4n) is 3.03. The fraction of sp³-hybridized carbons (Fsp3) is 0.500. The highest BCUT2D eigenvalue weighted by molar-refractivity contribution is 6.20. The molecule has 2 heterocycles. The van der Waals surface area contributed by atoms with Gasteiger partial charge in [-0.2, -0.15) is 0 Å². The van der Waals surface area contributed by atoms with E-state index in [1.807, 2.05) is 0 Å². The van der Waals surface area contributed by atoms with Crippen LogP contribution in [-0.2, 0) is 6.42 Å². The SMILES string of the molecule is ClC1CCCN(CCCc2c[nH]c3ccccc23)C1. The second-order valence-electron chi connectivity index (χ2n) is 5.50. The van der Waals surface area contributed by atoms with Crippen molar-refractivity contribution in [1.82, 2.24) is 9.88 Å². The molecular weight excluding hydrogens is 256 g/mol. The third-order valence-electron chi connectivity index (χ3n) is 4.04. The van der Waals surface area contributed by atoms with Crippen molar-refractivity contribution >= 4 is 22.5 Å². The molecule has 0 radical (unpaired) electrons. The lowest BCUT2D eigenvalue weighted by Gasteiger charge is -2.29. The lowest BCUT2D eigenvalue weighted by molar-refractivity contribution is 0.230. The van der Waals surface area contributed by atoms with E-state index in [9.17, 15) is 0 Å². The van der Waals surface area contributed by atoms with Crippen molar-refractivity contribution in [2.45, 2.75) is 31.1 Å². The van der Waals surface area contributed by atoms with Crippen LogP contribution in [0, 0.1) is 0 Å². The van der Waals surface area contributed by atoms with Gasteiger partial charge in [0, 0.05) is 29.0 Å². The first-order valence-corrected chi connectivity index (χ1v) is 7.68. The van der Waals surface area contributed by atoms with Crippen LogP contribution in [0.25, 0.3) is 10.9 Å². The van der Waals surface area contributed by atoms with Crippen LogP contribution < -0.4 is 0 Å². The molecule has 1 aliphatic heterocycles. The van der Waals surface area contributed by atoms with Crippen LogP contribution in [0.4, 0.5) is 0 Å². The minimum absolute atomic E-state index is 0.363. The van der Waals surface area contributed by atoms with Gasteiger partial charge in [-0.3, -0.25) is 0 Å². The summed E-state index contributed by atoms with van der Waals surface area (Å²) in [6.07, 6.45) is 6.95. The van der Waals surface area contributed by atoms with Gasteiger partial charge in [0.1, 0.15) is 0 Å². The average molecular weight is 277 g/mol. The first-order chi connectivity index (χ1) is 9.33. The van der Waals surface area contributed by atoms with E-state index in [1.54, 1.807) is 0 Å². The number of nitrogens with zero attached hydrogens (tertiary/aromatic N) is 1. The van der Waals surface area contributed by atoms with Crippen molar-refractivity contribution in [1.29, 1.82) is 0 Å². The quantitative estimate of drug-likeness (QED) is 0.842. The Morgan fingerprint density at radius 2 is 2.21 bits per heavy atom. The Morgan fingerprint density at radius 1 is 1.32 bits per heavy atom. The van der Waals surface area contributed by atoms with Crippen LogP contribution in [0.15, 0.2) is 30.5 Å². The van der Waals surface area contributed by atoms with Crippen LogP contribution in [0.3, 0.4) is 0 Å². The maximum Gasteiger partial charge on any atom is 0.0463 e. The molecule has 0 amide bonds. The smallest absolute Gasteiger partial charge is 0.0463 e. The van der Waals surface area contributed by atoms with Gasteiger partial charge in [-0.05, 0) is 50.4 Å². The Labute approximate surface area is 119 Å². The number of likely N-dealkylation sites (tertiary alicyclic amines) is 1. The zero-order chi connectivity index (χ0) is 13.1. The molecule has 0 saturated carbocycles. The molecule has 3 rings (SSSR count). The highest BCUT2D eigenvalue weighted by atomic mass is 35.5. The molecule has 2 aromatic rings. The number of aromatic nitrogens is 1. The number of aromatic amines is 1. The molecule has 1 aromatic carbocycles. The predicted octanol–water partition coefficient (Wildman–Crippen LogP) is 3.80. The summed E-state index contributed by atoms with van der Waals surface area (Å²) in [5.41, 5.74) is 2.69. The van der Waals surface area contributed by atoms with Crippen molar-refractivity contribution < 1.29 is 0 Å². The first-order valence-electron chi connectivity index (χ1n) is 7.24. The average Bonchev–Trinajstić information content (AvgIpc) is 2.83. The number of para-hydroxylation sites is 1. The van der Waals surface area contributed by atoms with Crippen molar-refractivity contribution in [3.05, 3.63) is 36.0 Å². The van der Waals surface area contributed by atoms with E-state index in [1.165, 1.54) is 48.8 Å². The molecule has 102 valence electrons. The summed E-state index contributed by atoms with van der Waals surface area (Å²) in [6, 6.07) is 8.54. The Bertz CT molecular complexity index is 534. The zero-order valence-electron chi connectivity index (χ0n) is 11.2. The summed E-state index contributed by atoms with van der Waals surface area (Å²) in [7, 11) is 0. The Hall–Kier alpha value is -0.990. The maximum atomic E-state index is 6.22. The minimum Gasteiger partial charge on any atom is -0.361 e. The number of nitrogens with one attached hydrogen (secondary N) is 1. The summed E-state index contributed by atoms with van der Waals surface area (Å²) in [5, 5.41) is 1.73. The van der Waals surface area contributed by atoms with Gasteiger partial charge in [0.05, 0.1) is 0 Å². The monoisotopic (exact) mass is 276 g/mol. The van der Waals surface area contributed by atoms with E-state index < -0.39 is 0 Å². The summed E-state index contributed by atoms with van der Waals surface area (Å²) in [6.45, 7) is 3.45. The van der Waals surface area contributed by atoms with Crippen LogP contribution in [0.5, 0.6) is 0 Å². The molecule has 3 heteroatoms. The molecule has 2 nitrogen and oxygen atoms in total. The van der Waals surface area contributed by atoms with Gasteiger partial charge in [-0.25, -0.2) is 0 Å². The van der Waals surface area contributed by atoms with E-state index in [-0.39, 0.29) is 0 Å². The molecular formula is C16H21ClN2. The molecule has 1 atom stereocenters. The highest BCUT2D eigenvalue weighted by Gasteiger charge is 2.17. The predicted molar refractivity (Wildman–Crippen MR) is 81.9 cm³/mol. The van der Waals surface area contributed by atoms with E-state index in [0.29, 0.717) is 5.38 Å². The molecule has 0 spiro atoms. The van der Waals surface area contributed by atoms with Crippen molar-refractivity contribution in [2.75, 3.05) is 19.6 Å². The molecule has 1 aromatic heterocycles. The van der Waals surface area contributed by atoms with Crippen LogP contribution in [-0.4, -0.2) is 34.9 Å². The maximum absolute atomic E-state index is 6.22. The summed E-state index contributed by atoms with van der Waals surface area (Å²) < 4.78 is 0. The standard InChI is InChI=1S/C16H21ClN2/c17-14-6-4-10-19(12-14)9-3-5-13-11-18-16-8-2-1-7-15(13)16/h1-2,7-8,11,14,18H,3-6,9-10,12H2. The second kappa shape index (κ2) is 5.98. The summed E-state index contributed by atoms with van der Waals surface area (Å²) >= 11 is 6.22. The Kier molecular flexibility index (Phi) is 4.09. The molecule has 1 unspecified atom stereocenters. The number of hydrogen-bond acceptors (Lipinski definition) is 1. The summed E-state index contributed by atoms with van der Waals surface area (Å²) in [4.78, 5) is 5.86. The van der Waals surface area contributed by atoms with Crippen molar-refractivity contribution in [2.24, 2.45) is 0 Å². The van der Waals surface area contributed by atoms with E-state index in [4.69, 9.17) is 11.6 Å². The van der Waals surface area contributed by atoms with E-state index >= 15 is 0 Å². The highest BCUT2D eigenvalue weighted by Crippen LogP contribution is 2.20. The van der Waals surface area contributed by atoms with Crippen LogP contribution in [0.2, 0.25) is 0 Å². The molecule has 1 fully saturated rings. The number of fused-ring (bicyclic) bond motifs is 1. The van der Waals surface area contributed by atoms with Gasteiger partial charge >= 0.3 is 0 Å². The number of rotatable bonds is 4. The third-order valence-corrected chi connectivity index (χ3v) is 4.40.